The third-order valence-corrected chi connectivity index (χ3v) is 5.61. The minimum absolute atomic E-state index is 0.0163. The molecule has 2 nitrogen and oxygen atoms in total. The Hall–Kier alpha value is -2.13. The summed E-state index contributed by atoms with van der Waals surface area (Å²) in [5, 5.41) is 11.0. The van der Waals surface area contributed by atoms with Gasteiger partial charge in [-0.1, -0.05) is 23.7 Å². The molecule has 2 aliphatic rings. The van der Waals surface area contributed by atoms with Gasteiger partial charge in [-0.3, -0.25) is 4.79 Å². The Kier molecular flexibility index (Phi) is 3.92. The first-order valence-corrected chi connectivity index (χ1v) is 8.86. The van der Waals surface area contributed by atoms with Crippen molar-refractivity contribution in [3.8, 4) is 11.1 Å². The van der Waals surface area contributed by atoms with E-state index in [1.807, 2.05) is 25.1 Å². The standard InChI is InChI=1S/C21H18ClFO2/c1-11-2-3-12(15-7-16(22)10-17(23)8-15)9-18(11)19-20(24)13-4-5-14(6-13)21(19)25/h2-3,7-10,13-14,24H,4-6H2,1H3. The van der Waals surface area contributed by atoms with Crippen LogP contribution >= 0.6 is 11.6 Å². The maximum atomic E-state index is 13.7. The van der Waals surface area contributed by atoms with Crippen LogP contribution in [0.1, 0.15) is 30.4 Å². The number of aryl methyl sites for hydroxylation is 1. The molecule has 0 aliphatic heterocycles. The highest BCUT2D eigenvalue weighted by molar-refractivity contribution is 6.30. The maximum absolute atomic E-state index is 13.7. The average molecular weight is 357 g/mol. The fourth-order valence-electron chi connectivity index (χ4n) is 4.06. The second kappa shape index (κ2) is 5.99. The number of allylic oxidation sites excluding steroid dienone is 2. The number of carbonyl (C=O) groups excluding carboxylic acids is 1. The average Bonchev–Trinajstić information content (AvgIpc) is 3.01. The first-order chi connectivity index (χ1) is 11.9. The number of carbonyl (C=O) groups is 1. The summed E-state index contributed by atoms with van der Waals surface area (Å²) in [7, 11) is 0. The van der Waals surface area contributed by atoms with E-state index in [4.69, 9.17) is 11.6 Å². The van der Waals surface area contributed by atoms with Gasteiger partial charge in [0.1, 0.15) is 11.6 Å². The lowest BCUT2D eigenvalue weighted by molar-refractivity contribution is -0.117. The van der Waals surface area contributed by atoms with Crippen LogP contribution < -0.4 is 0 Å². The molecule has 1 saturated carbocycles. The highest BCUT2D eigenvalue weighted by atomic mass is 35.5. The number of rotatable bonds is 2. The molecule has 25 heavy (non-hydrogen) atoms. The quantitative estimate of drug-likeness (QED) is 0.746. The van der Waals surface area contributed by atoms with E-state index in [-0.39, 0.29) is 23.4 Å². The second-order valence-electron chi connectivity index (χ2n) is 7.02. The van der Waals surface area contributed by atoms with Crippen molar-refractivity contribution in [2.24, 2.45) is 11.8 Å². The molecule has 0 spiro atoms. The molecule has 128 valence electrons. The molecule has 2 aromatic rings. The van der Waals surface area contributed by atoms with E-state index in [1.54, 1.807) is 6.07 Å². The van der Waals surface area contributed by atoms with Gasteiger partial charge >= 0.3 is 0 Å². The van der Waals surface area contributed by atoms with Crippen LogP contribution in [0.4, 0.5) is 4.39 Å². The number of ketones is 1. The summed E-state index contributed by atoms with van der Waals surface area (Å²) in [5.41, 5.74) is 3.52. The van der Waals surface area contributed by atoms with Gasteiger partial charge in [0, 0.05) is 16.9 Å². The van der Waals surface area contributed by atoms with Gasteiger partial charge in [0.15, 0.2) is 5.78 Å². The van der Waals surface area contributed by atoms with Gasteiger partial charge in [-0.25, -0.2) is 4.39 Å². The summed E-state index contributed by atoms with van der Waals surface area (Å²) in [5.74, 6) is -0.0505. The molecule has 0 amide bonds. The van der Waals surface area contributed by atoms with Crippen LogP contribution in [0.25, 0.3) is 16.7 Å². The molecule has 1 fully saturated rings. The second-order valence-corrected chi connectivity index (χ2v) is 7.46. The summed E-state index contributed by atoms with van der Waals surface area (Å²) in [6, 6.07) is 10.0. The summed E-state index contributed by atoms with van der Waals surface area (Å²) in [4.78, 5) is 12.8. The van der Waals surface area contributed by atoms with Crippen LogP contribution in [-0.4, -0.2) is 10.9 Å². The molecule has 0 aromatic heterocycles. The lowest BCUT2D eigenvalue weighted by Gasteiger charge is -2.23. The van der Waals surface area contributed by atoms with Crippen LogP contribution in [0.5, 0.6) is 0 Å². The number of halogens is 2. The zero-order valence-corrected chi connectivity index (χ0v) is 14.6. The van der Waals surface area contributed by atoms with Gasteiger partial charge < -0.3 is 5.11 Å². The minimum Gasteiger partial charge on any atom is -0.511 e. The van der Waals surface area contributed by atoms with E-state index in [2.05, 4.69) is 0 Å². The molecular formula is C21H18ClFO2. The van der Waals surface area contributed by atoms with Crippen LogP contribution in [0.2, 0.25) is 5.02 Å². The summed E-state index contributed by atoms with van der Waals surface area (Å²) in [6.45, 7) is 1.92. The Morgan fingerprint density at radius 2 is 1.84 bits per heavy atom. The Morgan fingerprint density at radius 3 is 2.60 bits per heavy atom. The van der Waals surface area contributed by atoms with Crippen molar-refractivity contribution < 1.29 is 14.3 Å². The molecule has 2 unspecified atom stereocenters. The number of Topliss-reactive ketones (excluding diaryl/α,β-unsaturated/α-hetero) is 1. The number of aliphatic hydroxyl groups excluding tert-OH is 1. The number of fused-ring (bicyclic) bond motifs is 2. The first-order valence-electron chi connectivity index (χ1n) is 8.49. The summed E-state index contributed by atoms with van der Waals surface area (Å²) in [6.07, 6.45) is 2.46. The zero-order chi connectivity index (χ0) is 17.7. The number of aliphatic hydroxyl groups is 1. The molecule has 2 aliphatic carbocycles. The molecule has 0 radical (unpaired) electrons. The van der Waals surface area contributed by atoms with Crippen molar-refractivity contribution in [3.05, 3.63) is 64.1 Å². The van der Waals surface area contributed by atoms with Gasteiger partial charge in [0.05, 0.1) is 5.57 Å². The smallest absolute Gasteiger partial charge is 0.169 e. The Labute approximate surface area is 150 Å². The van der Waals surface area contributed by atoms with Crippen LogP contribution in [0.15, 0.2) is 42.2 Å². The van der Waals surface area contributed by atoms with E-state index in [0.29, 0.717) is 16.2 Å². The van der Waals surface area contributed by atoms with Crippen molar-refractivity contribution in [1.29, 1.82) is 0 Å². The van der Waals surface area contributed by atoms with Crippen molar-refractivity contribution in [2.75, 3.05) is 0 Å². The van der Waals surface area contributed by atoms with Crippen molar-refractivity contribution in [3.63, 3.8) is 0 Å². The highest BCUT2D eigenvalue weighted by Crippen LogP contribution is 2.46. The molecule has 2 aromatic carbocycles. The third-order valence-electron chi connectivity index (χ3n) is 5.40. The molecule has 0 saturated heterocycles. The van der Waals surface area contributed by atoms with Crippen LogP contribution in [-0.2, 0) is 4.79 Å². The molecule has 4 rings (SSSR count). The molecule has 0 heterocycles. The van der Waals surface area contributed by atoms with E-state index < -0.39 is 5.82 Å². The Bertz CT molecular complexity index is 896. The van der Waals surface area contributed by atoms with Crippen LogP contribution in [0, 0.1) is 24.6 Å². The highest BCUT2D eigenvalue weighted by Gasteiger charge is 2.41. The molecule has 2 bridgehead atoms. The summed E-state index contributed by atoms with van der Waals surface area (Å²) < 4.78 is 13.7. The van der Waals surface area contributed by atoms with E-state index in [9.17, 15) is 14.3 Å². The lowest BCUT2D eigenvalue weighted by atomic mass is 9.81. The van der Waals surface area contributed by atoms with E-state index >= 15 is 0 Å². The largest absolute Gasteiger partial charge is 0.511 e. The normalized spacial score (nSPS) is 22.6. The predicted octanol–water partition coefficient (Wildman–Crippen LogP) is 5.72. The molecule has 1 N–H and O–H groups in total. The third kappa shape index (κ3) is 2.77. The molecule has 4 heteroatoms. The molecule has 2 atom stereocenters. The zero-order valence-electron chi connectivity index (χ0n) is 13.9. The van der Waals surface area contributed by atoms with Gasteiger partial charge in [0.2, 0.25) is 0 Å². The monoisotopic (exact) mass is 356 g/mol. The number of hydrogen-bond donors (Lipinski definition) is 1. The molecular weight excluding hydrogens is 339 g/mol. The van der Waals surface area contributed by atoms with E-state index in [0.717, 1.165) is 36.0 Å². The van der Waals surface area contributed by atoms with Gasteiger partial charge in [-0.05, 0) is 72.7 Å². The van der Waals surface area contributed by atoms with Gasteiger partial charge in [0.25, 0.3) is 0 Å². The fourth-order valence-corrected chi connectivity index (χ4v) is 4.29. The van der Waals surface area contributed by atoms with Gasteiger partial charge in [-0.2, -0.15) is 0 Å². The Balaban J connectivity index is 1.86. The Morgan fingerprint density at radius 1 is 1.08 bits per heavy atom. The summed E-state index contributed by atoms with van der Waals surface area (Å²) >= 11 is 5.97. The SMILES string of the molecule is Cc1ccc(-c2cc(F)cc(Cl)c2)cc1C1=C(O)C2CCC(C2)C1=O. The predicted molar refractivity (Wildman–Crippen MR) is 97.0 cm³/mol. The van der Waals surface area contributed by atoms with Crippen molar-refractivity contribution in [2.45, 2.75) is 26.2 Å². The first kappa shape index (κ1) is 16.3. The van der Waals surface area contributed by atoms with E-state index in [1.165, 1.54) is 12.1 Å². The van der Waals surface area contributed by atoms with Crippen LogP contribution in [0.3, 0.4) is 0 Å². The number of benzene rings is 2. The fraction of sp³-hybridized carbons (Fsp3) is 0.286. The lowest BCUT2D eigenvalue weighted by Crippen LogP contribution is -2.21. The van der Waals surface area contributed by atoms with Crippen molar-refractivity contribution in [1.82, 2.24) is 0 Å². The minimum atomic E-state index is -0.404. The topological polar surface area (TPSA) is 37.3 Å². The van der Waals surface area contributed by atoms with Crippen molar-refractivity contribution >= 4 is 23.0 Å². The number of hydrogen-bond acceptors (Lipinski definition) is 2. The van der Waals surface area contributed by atoms with Gasteiger partial charge in [-0.15, -0.1) is 0 Å². The maximum Gasteiger partial charge on any atom is 0.169 e.